The number of ether oxygens (including phenoxy) is 3. The first kappa shape index (κ1) is 28.8. The van der Waals surface area contributed by atoms with Gasteiger partial charge in [-0.1, -0.05) is 78.5 Å². The van der Waals surface area contributed by atoms with Gasteiger partial charge in [-0.15, -0.1) is 0 Å². The van der Waals surface area contributed by atoms with Crippen molar-refractivity contribution >= 4 is 17.9 Å². The fraction of sp³-hybridized carbons (Fsp3) is 0.609. The van der Waals surface area contributed by atoms with Crippen molar-refractivity contribution < 1.29 is 28.6 Å². The molecule has 0 saturated carbocycles. The number of hydrogen-bond acceptors (Lipinski definition) is 6. The first-order chi connectivity index (χ1) is 13.9. The number of rotatable bonds is 16. The Bertz CT molecular complexity index is 462. The molecule has 0 rings (SSSR count). The van der Waals surface area contributed by atoms with Crippen molar-refractivity contribution in [3.8, 4) is 0 Å². The second-order valence-electron chi connectivity index (χ2n) is 6.35. The maximum atomic E-state index is 11.1. The average molecular weight is 411 g/mol. The summed E-state index contributed by atoms with van der Waals surface area (Å²) in [6.07, 6.45) is 13.0. The van der Waals surface area contributed by atoms with Gasteiger partial charge in [0.25, 0.3) is 0 Å². The van der Waals surface area contributed by atoms with Gasteiger partial charge in [0.15, 0.2) is 0 Å². The Labute approximate surface area is 176 Å². The van der Waals surface area contributed by atoms with Gasteiger partial charge in [-0.25, -0.2) is 14.4 Å². The Kier molecular flexibility index (Phi) is 21.8. The van der Waals surface area contributed by atoms with Crippen molar-refractivity contribution in [1.82, 2.24) is 0 Å². The number of hydrogen-bond donors (Lipinski definition) is 0. The summed E-state index contributed by atoms with van der Waals surface area (Å²) >= 11 is 0. The highest BCUT2D eigenvalue weighted by atomic mass is 16.7. The second-order valence-corrected chi connectivity index (χ2v) is 6.35. The summed E-state index contributed by atoms with van der Waals surface area (Å²) in [6.45, 7) is 14.6. The molecule has 0 aliphatic rings. The quantitative estimate of drug-likeness (QED) is 0.146. The fourth-order valence-electron chi connectivity index (χ4n) is 2.14. The van der Waals surface area contributed by atoms with E-state index >= 15 is 0 Å². The molecule has 0 bridgehead atoms. The van der Waals surface area contributed by atoms with Gasteiger partial charge in [-0.3, -0.25) is 0 Å². The molecule has 0 aliphatic heterocycles. The van der Waals surface area contributed by atoms with Gasteiger partial charge in [0.05, 0.1) is 6.61 Å². The summed E-state index contributed by atoms with van der Waals surface area (Å²) in [5.41, 5.74) is 0. The SMILES string of the molecule is C=CC(=O)OC(CCCCCCCCC)OC(=O)C=C.C=CC(=O)OCCCC. The smallest absolute Gasteiger partial charge is 0.333 e. The lowest BCUT2D eigenvalue weighted by atomic mass is 10.1. The van der Waals surface area contributed by atoms with Crippen molar-refractivity contribution in [1.29, 1.82) is 0 Å². The minimum atomic E-state index is -0.846. The fourth-order valence-corrected chi connectivity index (χ4v) is 2.14. The van der Waals surface area contributed by atoms with Gasteiger partial charge in [0, 0.05) is 24.6 Å². The lowest BCUT2D eigenvalue weighted by Crippen LogP contribution is -2.23. The van der Waals surface area contributed by atoms with Crippen LogP contribution < -0.4 is 0 Å². The molecule has 0 fully saturated rings. The Balaban J connectivity index is 0. The normalized spacial score (nSPS) is 9.62. The van der Waals surface area contributed by atoms with E-state index in [-0.39, 0.29) is 5.97 Å². The number of esters is 3. The Hall–Kier alpha value is -2.37. The Morgan fingerprint density at radius 3 is 1.59 bits per heavy atom. The lowest BCUT2D eigenvalue weighted by Gasteiger charge is -2.16. The molecule has 6 nitrogen and oxygen atoms in total. The van der Waals surface area contributed by atoms with E-state index in [1.54, 1.807) is 0 Å². The molecule has 0 heterocycles. The van der Waals surface area contributed by atoms with Crippen LogP contribution >= 0.6 is 0 Å². The topological polar surface area (TPSA) is 78.9 Å². The van der Waals surface area contributed by atoms with Crippen molar-refractivity contribution in [2.45, 2.75) is 84.3 Å². The summed E-state index contributed by atoms with van der Waals surface area (Å²) in [4.78, 5) is 32.6. The highest BCUT2D eigenvalue weighted by Gasteiger charge is 2.15. The third kappa shape index (κ3) is 21.8. The number of unbranched alkanes of at least 4 members (excludes halogenated alkanes) is 7. The van der Waals surface area contributed by atoms with Gasteiger partial charge in [-0.05, 0) is 12.8 Å². The molecule has 6 heteroatoms. The Morgan fingerprint density at radius 2 is 1.14 bits per heavy atom. The molecular weight excluding hydrogens is 372 g/mol. The molecule has 0 aliphatic carbocycles. The van der Waals surface area contributed by atoms with Crippen molar-refractivity contribution in [2.24, 2.45) is 0 Å². The van der Waals surface area contributed by atoms with Gasteiger partial charge in [0.2, 0.25) is 6.29 Å². The maximum absolute atomic E-state index is 11.1. The second kappa shape index (κ2) is 21.9. The van der Waals surface area contributed by atoms with Crippen LogP contribution in [0.25, 0.3) is 0 Å². The van der Waals surface area contributed by atoms with Crippen molar-refractivity contribution in [3.05, 3.63) is 38.0 Å². The lowest BCUT2D eigenvalue weighted by molar-refractivity contribution is -0.182. The monoisotopic (exact) mass is 410 g/mol. The van der Waals surface area contributed by atoms with E-state index in [0.717, 1.165) is 44.3 Å². The van der Waals surface area contributed by atoms with Gasteiger partial charge < -0.3 is 14.2 Å². The van der Waals surface area contributed by atoms with Crippen LogP contribution in [0.4, 0.5) is 0 Å². The molecule has 0 amide bonds. The first-order valence-corrected chi connectivity index (χ1v) is 10.4. The molecule has 0 spiro atoms. The van der Waals surface area contributed by atoms with Crippen LogP contribution in [0.1, 0.15) is 78.1 Å². The van der Waals surface area contributed by atoms with Crippen LogP contribution in [0.15, 0.2) is 38.0 Å². The van der Waals surface area contributed by atoms with Crippen molar-refractivity contribution in [3.63, 3.8) is 0 Å². The summed E-state index contributed by atoms with van der Waals surface area (Å²) in [6, 6.07) is 0. The third-order valence-electron chi connectivity index (χ3n) is 3.78. The zero-order valence-electron chi connectivity index (χ0n) is 18.2. The van der Waals surface area contributed by atoms with Crippen LogP contribution in [-0.2, 0) is 28.6 Å². The van der Waals surface area contributed by atoms with Crippen LogP contribution in [0.2, 0.25) is 0 Å². The molecule has 0 saturated heterocycles. The standard InChI is InChI=1S/C16H26O4.C7H12O2/c1-4-7-8-9-10-11-12-13-16(19-14(17)5-2)20-15(18)6-3;1-3-5-6-9-7(8)4-2/h5-6,16H,2-4,7-13H2,1H3;4H,2-3,5-6H2,1H3. The highest BCUT2D eigenvalue weighted by molar-refractivity contribution is 5.83. The minimum absolute atomic E-state index is 0.330. The molecule has 166 valence electrons. The summed E-state index contributed by atoms with van der Waals surface area (Å²) in [7, 11) is 0. The van der Waals surface area contributed by atoms with Gasteiger partial charge in [-0.2, -0.15) is 0 Å². The van der Waals surface area contributed by atoms with Gasteiger partial charge in [0.1, 0.15) is 0 Å². The van der Waals surface area contributed by atoms with Crippen LogP contribution in [0.3, 0.4) is 0 Å². The molecule has 0 N–H and O–H groups in total. The molecule has 29 heavy (non-hydrogen) atoms. The molecule has 0 atom stereocenters. The molecular formula is C23H38O6. The van der Waals surface area contributed by atoms with E-state index in [4.69, 9.17) is 9.47 Å². The van der Waals surface area contributed by atoms with E-state index in [9.17, 15) is 14.4 Å². The summed E-state index contributed by atoms with van der Waals surface area (Å²) in [5, 5.41) is 0. The average Bonchev–Trinajstić information content (AvgIpc) is 2.73. The highest BCUT2D eigenvalue weighted by Crippen LogP contribution is 2.12. The summed E-state index contributed by atoms with van der Waals surface area (Å²) in [5.74, 6) is -1.51. The molecule has 0 unspecified atom stereocenters. The van der Waals surface area contributed by atoms with Gasteiger partial charge >= 0.3 is 17.9 Å². The van der Waals surface area contributed by atoms with Crippen molar-refractivity contribution in [2.75, 3.05) is 6.61 Å². The van der Waals surface area contributed by atoms with Crippen LogP contribution in [0, 0.1) is 0 Å². The van der Waals surface area contributed by atoms with E-state index in [2.05, 4.69) is 31.4 Å². The minimum Gasteiger partial charge on any atom is -0.463 e. The Morgan fingerprint density at radius 1 is 0.690 bits per heavy atom. The number of carbonyl (C=O) groups is 3. The molecule has 0 aromatic carbocycles. The molecule has 0 aromatic rings. The van der Waals surface area contributed by atoms with E-state index < -0.39 is 18.2 Å². The van der Waals surface area contributed by atoms with E-state index in [0.29, 0.717) is 13.0 Å². The predicted octanol–water partition coefficient (Wildman–Crippen LogP) is 5.43. The largest absolute Gasteiger partial charge is 0.463 e. The summed E-state index contributed by atoms with van der Waals surface area (Å²) < 4.78 is 14.6. The maximum Gasteiger partial charge on any atom is 0.333 e. The van der Waals surface area contributed by atoms with E-state index in [1.807, 2.05) is 6.92 Å². The third-order valence-corrected chi connectivity index (χ3v) is 3.78. The first-order valence-electron chi connectivity index (χ1n) is 10.4. The molecule has 0 radical (unpaired) electrons. The predicted molar refractivity (Wildman–Crippen MR) is 115 cm³/mol. The zero-order chi connectivity index (χ0) is 22.3. The van der Waals surface area contributed by atoms with Crippen LogP contribution in [0.5, 0.6) is 0 Å². The number of carbonyl (C=O) groups excluding carboxylic acids is 3. The zero-order valence-corrected chi connectivity index (χ0v) is 18.2. The molecule has 0 aromatic heterocycles. The van der Waals surface area contributed by atoms with E-state index in [1.165, 1.54) is 31.8 Å². The van der Waals surface area contributed by atoms with Crippen LogP contribution in [-0.4, -0.2) is 30.8 Å².